The summed E-state index contributed by atoms with van der Waals surface area (Å²) < 4.78 is 3.10. The van der Waals surface area contributed by atoms with Gasteiger partial charge in [0.2, 0.25) is 11.5 Å². The fraction of sp³-hybridized carbons (Fsp3) is 0.0833. The number of aromatic nitrogens is 4. The van der Waals surface area contributed by atoms with Crippen LogP contribution in [0.5, 0.6) is 0 Å². The molecule has 7 nitrogen and oxygen atoms in total. The maximum absolute atomic E-state index is 13.4. The number of hydrogen-bond donors (Lipinski definition) is 1. The standard InChI is InChI=1S/C24H18ClN5O2/c1-15-10-11-19-20(12-15)29(14-16-6-3-2-4-7-16)24(32)22-27-21(28-30(19)22)23(31)26-18-9-5-8-17(25)13-18/h2-13H,14H2,1H3,(H,26,31). The zero-order valence-electron chi connectivity index (χ0n) is 17.1. The molecule has 5 rings (SSSR count). The van der Waals surface area contributed by atoms with Crippen LogP contribution in [0, 0.1) is 6.92 Å². The lowest BCUT2D eigenvalue weighted by Crippen LogP contribution is -2.24. The van der Waals surface area contributed by atoms with Gasteiger partial charge in [-0.05, 0) is 48.4 Å². The van der Waals surface area contributed by atoms with Gasteiger partial charge in [0.1, 0.15) is 0 Å². The summed E-state index contributed by atoms with van der Waals surface area (Å²) in [6, 6.07) is 22.3. The van der Waals surface area contributed by atoms with Crippen molar-refractivity contribution in [2.24, 2.45) is 0 Å². The van der Waals surface area contributed by atoms with Gasteiger partial charge in [-0.1, -0.05) is 54.1 Å². The van der Waals surface area contributed by atoms with Crippen LogP contribution in [0.3, 0.4) is 0 Å². The largest absolute Gasteiger partial charge is 0.319 e. The number of halogens is 1. The quantitative estimate of drug-likeness (QED) is 0.449. The highest BCUT2D eigenvalue weighted by Gasteiger charge is 2.19. The first kappa shape index (κ1) is 20.0. The minimum Gasteiger partial charge on any atom is -0.319 e. The van der Waals surface area contributed by atoms with Crippen molar-refractivity contribution in [3.8, 4) is 0 Å². The van der Waals surface area contributed by atoms with Crippen molar-refractivity contribution < 1.29 is 4.79 Å². The van der Waals surface area contributed by atoms with Crippen LogP contribution in [-0.2, 0) is 6.54 Å². The number of benzene rings is 3. The summed E-state index contributed by atoms with van der Waals surface area (Å²) in [7, 11) is 0. The zero-order chi connectivity index (χ0) is 22.2. The van der Waals surface area contributed by atoms with Gasteiger partial charge in [-0.2, -0.15) is 4.98 Å². The molecule has 0 aliphatic carbocycles. The first-order valence-corrected chi connectivity index (χ1v) is 10.4. The first-order valence-electron chi connectivity index (χ1n) is 10.0. The Morgan fingerprint density at radius 3 is 2.59 bits per heavy atom. The average molecular weight is 444 g/mol. The van der Waals surface area contributed by atoms with Gasteiger partial charge in [-0.15, -0.1) is 5.10 Å². The van der Waals surface area contributed by atoms with Gasteiger partial charge in [0.05, 0.1) is 17.6 Å². The SMILES string of the molecule is Cc1ccc2c(c1)n(Cc1ccccc1)c(=O)c1nc(C(=O)Nc3cccc(Cl)c3)nn12. The van der Waals surface area contributed by atoms with Crippen LogP contribution >= 0.6 is 11.6 Å². The molecule has 0 spiro atoms. The lowest BCUT2D eigenvalue weighted by Gasteiger charge is -2.12. The Balaban J connectivity index is 1.65. The Bertz CT molecular complexity index is 1540. The van der Waals surface area contributed by atoms with Crippen LogP contribution in [0.1, 0.15) is 21.7 Å². The molecule has 5 aromatic rings. The van der Waals surface area contributed by atoms with E-state index in [0.717, 1.165) is 16.6 Å². The summed E-state index contributed by atoms with van der Waals surface area (Å²) in [5.74, 6) is -0.619. The minimum absolute atomic E-state index is 0.0912. The Morgan fingerprint density at radius 1 is 1.00 bits per heavy atom. The summed E-state index contributed by atoms with van der Waals surface area (Å²) in [5, 5.41) is 7.56. The molecule has 0 unspecified atom stereocenters. The number of rotatable bonds is 4. The van der Waals surface area contributed by atoms with Crippen molar-refractivity contribution in [1.82, 2.24) is 19.2 Å². The normalized spacial score (nSPS) is 11.2. The maximum Gasteiger partial charge on any atom is 0.296 e. The molecule has 0 saturated carbocycles. The second-order valence-corrected chi connectivity index (χ2v) is 7.94. The molecule has 158 valence electrons. The van der Waals surface area contributed by atoms with Gasteiger partial charge in [0, 0.05) is 10.7 Å². The van der Waals surface area contributed by atoms with Crippen molar-refractivity contribution in [2.45, 2.75) is 13.5 Å². The van der Waals surface area contributed by atoms with Gasteiger partial charge >= 0.3 is 0 Å². The van der Waals surface area contributed by atoms with Crippen LogP contribution in [0.2, 0.25) is 5.02 Å². The van der Waals surface area contributed by atoms with E-state index in [1.54, 1.807) is 28.8 Å². The summed E-state index contributed by atoms with van der Waals surface area (Å²) in [6.45, 7) is 2.35. The predicted molar refractivity (Wildman–Crippen MR) is 124 cm³/mol. The Labute approximate surface area is 187 Å². The van der Waals surface area contributed by atoms with Crippen LogP contribution in [-0.4, -0.2) is 25.1 Å². The third kappa shape index (κ3) is 3.63. The fourth-order valence-corrected chi connectivity index (χ4v) is 3.84. The minimum atomic E-state index is -0.523. The number of carbonyl (C=O) groups is 1. The number of carbonyl (C=O) groups excluding carboxylic acids is 1. The highest BCUT2D eigenvalue weighted by atomic mass is 35.5. The van der Waals surface area contributed by atoms with Crippen LogP contribution < -0.4 is 10.9 Å². The Morgan fingerprint density at radius 2 is 1.81 bits per heavy atom. The molecule has 1 amide bonds. The first-order chi connectivity index (χ1) is 15.5. The number of hydrogen-bond acceptors (Lipinski definition) is 4. The lowest BCUT2D eigenvalue weighted by molar-refractivity contribution is 0.101. The number of aryl methyl sites for hydroxylation is 1. The van der Waals surface area contributed by atoms with E-state index < -0.39 is 5.91 Å². The monoisotopic (exact) mass is 443 g/mol. The van der Waals surface area contributed by atoms with Crippen molar-refractivity contribution >= 4 is 39.9 Å². The number of fused-ring (bicyclic) bond motifs is 3. The third-order valence-corrected chi connectivity index (χ3v) is 5.40. The lowest BCUT2D eigenvalue weighted by atomic mass is 10.2. The average Bonchev–Trinajstić information content (AvgIpc) is 3.23. The maximum atomic E-state index is 13.4. The fourth-order valence-electron chi connectivity index (χ4n) is 3.65. The molecule has 0 radical (unpaired) electrons. The number of anilines is 1. The Kier molecular flexibility index (Phi) is 4.95. The van der Waals surface area contributed by atoms with Crippen molar-refractivity contribution in [3.63, 3.8) is 0 Å². The second kappa shape index (κ2) is 7.94. The summed E-state index contributed by atoms with van der Waals surface area (Å²) in [6.07, 6.45) is 0. The zero-order valence-corrected chi connectivity index (χ0v) is 17.9. The van der Waals surface area contributed by atoms with Crippen molar-refractivity contribution in [3.05, 3.63) is 105 Å². The van der Waals surface area contributed by atoms with E-state index in [1.165, 1.54) is 4.52 Å². The van der Waals surface area contributed by atoms with Gasteiger partial charge in [0.25, 0.3) is 11.5 Å². The molecule has 3 aromatic carbocycles. The molecule has 0 fully saturated rings. The van der Waals surface area contributed by atoms with Crippen LogP contribution in [0.15, 0.2) is 77.6 Å². The number of amides is 1. The van der Waals surface area contributed by atoms with Gasteiger partial charge in [-0.25, -0.2) is 4.52 Å². The molecule has 0 bridgehead atoms. The van der Waals surface area contributed by atoms with Crippen molar-refractivity contribution in [1.29, 1.82) is 0 Å². The molecule has 1 N–H and O–H groups in total. The Hall–Kier alpha value is -3.97. The summed E-state index contributed by atoms with van der Waals surface area (Å²) in [4.78, 5) is 30.4. The second-order valence-electron chi connectivity index (χ2n) is 7.50. The van der Waals surface area contributed by atoms with Gasteiger partial charge in [0.15, 0.2) is 0 Å². The van der Waals surface area contributed by atoms with E-state index in [-0.39, 0.29) is 17.0 Å². The topological polar surface area (TPSA) is 81.3 Å². The molecule has 2 aromatic heterocycles. The molecule has 0 atom stereocenters. The predicted octanol–water partition coefficient (Wildman–Crippen LogP) is 4.31. The molecule has 0 aliphatic heterocycles. The summed E-state index contributed by atoms with van der Waals surface area (Å²) in [5.41, 5.74) is 3.70. The van der Waals surface area contributed by atoms with E-state index in [4.69, 9.17) is 11.6 Å². The number of nitrogens with zero attached hydrogens (tertiary/aromatic N) is 4. The third-order valence-electron chi connectivity index (χ3n) is 5.16. The number of nitrogens with one attached hydrogen (secondary N) is 1. The molecular weight excluding hydrogens is 426 g/mol. The molecule has 0 aliphatic rings. The van der Waals surface area contributed by atoms with E-state index >= 15 is 0 Å². The van der Waals surface area contributed by atoms with Gasteiger partial charge in [-0.3, -0.25) is 14.2 Å². The molecule has 8 heteroatoms. The summed E-state index contributed by atoms with van der Waals surface area (Å²) >= 11 is 5.99. The molecule has 2 heterocycles. The van der Waals surface area contributed by atoms with Crippen LogP contribution in [0.4, 0.5) is 5.69 Å². The van der Waals surface area contributed by atoms with E-state index in [1.807, 2.05) is 55.5 Å². The molecule has 0 saturated heterocycles. The van der Waals surface area contributed by atoms with Crippen molar-refractivity contribution in [2.75, 3.05) is 5.32 Å². The van der Waals surface area contributed by atoms with E-state index in [2.05, 4.69) is 15.4 Å². The molecular formula is C24H18ClN5O2. The van der Waals surface area contributed by atoms with Crippen LogP contribution in [0.25, 0.3) is 16.7 Å². The highest BCUT2D eigenvalue weighted by molar-refractivity contribution is 6.30. The molecule has 32 heavy (non-hydrogen) atoms. The smallest absolute Gasteiger partial charge is 0.296 e. The van der Waals surface area contributed by atoms with Gasteiger partial charge < -0.3 is 5.32 Å². The van der Waals surface area contributed by atoms with E-state index in [9.17, 15) is 9.59 Å². The van der Waals surface area contributed by atoms with E-state index in [0.29, 0.717) is 22.8 Å². The highest BCUT2D eigenvalue weighted by Crippen LogP contribution is 2.18.